The molecule has 1 aliphatic heterocycles. The number of ether oxygens (including phenoxy) is 1. The van der Waals surface area contributed by atoms with E-state index in [0.717, 1.165) is 44.3 Å². The second-order valence-electron chi connectivity index (χ2n) is 6.36. The number of hydrogen-bond donors (Lipinski definition) is 2. The van der Waals surface area contributed by atoms with Crippen LogP contribution in [-0.4, -0.2) is 24.5 Å². The van der Waals surface area contributed by atoms with E-state index in [9.17, 15) is 9.59 Å². The lowest BCUT2D eigenvalue weighted by atomic mass is 9.86. The molecule has 1 aromatic rings. The van der Waals surface area contributed by atoms with Gasteiger partial charge in [-0.25, -0.2) is 0 Å². The topological polar surface area (TPSA) is 67.4 Å². The molecule has 2 N–H and O–H groups in total. The van der Waals surface area contributed by atoms with Crippen LogP contribution in [0, 0.1) is 5.92 Å². The smallest absolute Gasteiger partial charge is 0.308 e. The van der Waals surface area contributed by atoms with Gasteiger partial charge in [0, 0.05) is 24.7 Å². The summed E-state index contributed by atoms with van der Waals surface area (Å²) in [7, 11) is 0. The first-order valence-electron chi connectivity index (χ1n) is 8.47. The summed E-state index contributed by atoms with van der Waals surface area (Å²) in [6, 6.07) is 6.06. The Kier molecular flexibility index (Phi) is 4.96. The monoisotopic (exact) mass is 316 g/mol. The lowest BCUT2D eigenvalue weighted by Crippen LogP contribution is -2.39. The minimum absolute atomic E-state index is 0.00540. The quantitative estimate of drug-likeness (QED) is 0.835. The summed E-state index contributed by atoms with van der Waals surface area (Å²) in [5.74, 6) is -0.114. The highest BCUT2D eigenvalue weighted by molar-refractivity contribution is 5.94. The van der Waals surface area contributed by atoms with Crippen LogP contribution in [0.15, 0.2) is 18.2 Å². The molecule has 0 aromatic heterocycles. The van der Waals surface area contributed by atoms with Crippen molar-refractivity contribution in [2.45, 2.75) is 51.7 Å². The summed E-state index contributed by atoms with van der Waals surface area (Å²) < 4.78 is 5.08. The first-order chi connectivity index (χ1) is 11.2. The first kappa shape index (κ1) is 16.0. The van der Waals surface area contributed by atoms with Gasteiger partial charge >= 0.3 is 5.97 Å². The summed E-state index contributed by atoms with van der Waals surface area (Å²) in [6.07, 6.45) is 3.25. The van der Waals surface area contributed by atoms with Gasteiger partial charge in [0.05, 0.1) is 12.5 Å². The fraction of sp³-hybridized carbons (Fsp3) is 0.556. The minimum atomic E-state index is -0.0941. The van der Waals surface area contributed by atoms with Gasteiger partial charge in [-0.15, -0.1) is 0 Å². The molecule has 124 valence electrons. The van der Waals surface area contributed by atoms with E-state index >= 15 is 0 Å². The van der Waals surface area contributed by atoms with Crippen molar-refractivity contribution in [3.8, 4) is 0 Å². The lowest BCUT2D eigenvalue weighted by molar-refractivity contribution is -0.149. The van der Waals surface area contributed by atoms with Crippen molar-refractivity contribution in [2.24, 2.45) is 5.92 Å². The molecule has 3 rings (SSSR count). The van der Waals surface area contributed by atoms with Crippen molar-refractivity contribution >= 4 is 11.9 Å². The molecule has 0 unspecified atom stereocenters. The highest BCUT2D eigenvalue weighted by atomic mass is 16.5. The molecule has 1 heterocycles. The van der Waals surface area contributed by atoms with Crippen LogP contribution in [0.4, 0.5) is 0 Å². The van der Waals surface area contributed by atoms with Crippen molar-refractivity contribution in [1.29, 1.82) is 0 Å². The van der Waals surface area contributed by atoms with E-state index in [0.29, 0.717) is 6.61 Å². The maximum absolute atomic E-state index is 12.4. The van der Waals surface area contributed by atoms with E-state index in [4.69, 9.17) is 4.74 Å². The van der Waals surface area contributed by atoms with Crippen molar-refractivity contribution in [3.05, 3.63) is 34.9 Å². The third-order valence-electron chi connectivity index (χ3n) is 4.78. The highest BCUT2D eigenvalue weighted by Crippen LogP contribution is 2.26. The SMILES string of the molecule is CCOC(=O)C1CCC(NC(=O)c2ccc3c(c2)CNC3)CC1. The molecule has 0 spiro atoms. The molecule has 5 nitrogen and oxygen atoms in total. The standard InChI is InChI=1S/C18H24N2O3/c1-2-23-18(22)12-5-7-16(8-6-12)20-17(21)13-3-4-14-10-19-11-15(14)9-13/h3-4,9,12,16,19H,2,5-8,10-11H2,1H3,(H,20,21). The average molecular weight is 316 g/mol. The van der Waals surface area contributed by atoms with Gasteiger partial charge in [-0.3, -0.25) is 9.59 Å². The van der Waals surface area contributed by atoms with E-state index in [1.165, 1.54) is 11.1 Å². The molecule has 0 bridgehead atoms. The van der Waals surface area contributed by atoms with Gasteiger partial charge in [0.25, 0.3) is 5.91 Å². The van der Waals surface area contributed by atoms with Crippen LogP contribution in [0.2, 0.25) is 0 Å². The second kappa shape index (κ2) is 7.13. The Morgan fingerprint density at radius 2 is 1.91 bits per heavy atom. The van der Waals surface area contributed by atoms with Gasteiger partial charge in [0.2, 0.25) is 0 Å². The van der Waals surface area contributed by atoms with Crippen molar-refractivity contribution in [2.75, 3.05) is 6.61 Å². The van der Waals surface area contributed by atoms with Gasteiger partial charge in [-0.2, -0.15) is 0 Å². The summed E-state index contributed by atoms with van der Waals surface area (Å²) in [6.45, 7) is 3.98. The lowest BCUT2D eigenvalue weighted by Gasteiger charge is -2.27. The van der Waals surface area contributed by atoms with Crippen LogP contribution in [0.1, 0.15) is 54.1 Å². The van der Waals surface area contributed by atoms with Gasteiger partial charge < -0.3 is 15.4 Å². The zero-order chi connectivity index (χ0) is 16.2. The Hall–Kier alpha value is -1.88. The van der Waals surface area contributed by atoms with Gasteiger partial charge in [0.15, 0.2) is 0 Å². The molecular weight excluding hydrogens is 292 g/mol. The molecule has 23 heavy (non-hydrogen) atoms. The normalized spacial score (nSPS) is 23.2. The molecule has 5 heteroatoms. The summed E-state index contributed by atoms with van der Waals surface area (Å²) in [5, 5.41) is 6.39. The van der Waals surface area contributed by atoms with E-state index in [-0.39, 0.29) is 23.8 Å². The number of nitrogens with one attached hydrogen (secondary N) is 2. The van der Waals surface area contributed by atoms with Crippen LogP contribution in [0.25, 0.3) is 0 Å². The number of esters is 1. The molecular formula is C18H24N2O3. The van der Waals surface area contributed by atoms with Crippen molar-refractivity contribution < 1.29 is 14.3 Å². The first-order valence-corrected chi connectivity index (χ1v) is 8.47. The Morgan fingerprint density at radius 1 is 1.17 bits per heavy atom. The maximum atomic E-state index is 12.4. The van der Waals surface area contributed by atoms with Gasteiger partial charge in [-0.05, 0) is 55.9 Å². The summed E-state index contributed by atoms with van der Waals surface area (Å²) in [4.78, 5) is 24.1. The number of fused-ring (bicyclic) bond motifs is 1. The van der Waals surface area contributed by atoms with E-state index < -0.39 is 0 Å². The van der Waals surface area contributed by atoms with Crippen LogP contribution in [-0.2, 0) is 22.6 Å². The fourth-order valence-corrected chi connectivity index (χ4v) is 3.44. The molecule has 1 aromatic carbocycles. The zero-order valence-electron chi connectivity index (χ0n) is 13.6. The molecule has 0 radical (unpaired) electrons. The second-order valence-corrected chi connectivity index (χ2v) is 6.36. The van der Waals surface area contributed by atoms with E-state index in [1.807, 2.05) is 25.1 Å². The number of benzene rings is 1. The molecule has 1 amide bonds. The Bertz CT molecular complexity index is 592. The highest BCUT2D eigenvalue weighted by Gasteiger charge is 2.28. The average Bonchev–Trinajstić information content (AvgIpc) is 3.03. The minimum Gasteiger partial charge on any atom is -0.466 e. The Balaban J connectivity index is 1.52. The van der Waals surface area contributed by atoms with Crippen LogP contribution in [0.5, 0.6) is 0 Å². The number of rotatable bonds is 4. The van der Waals surface area contributed by atoms with Gasteiger partial charge in [0.1, 0.15) is 0 Å². The third kappa shape index (κ3) is 3.72. The van der Waals surface area contributed by atoms with E-state index in [1.54, 1.807) is 0 Å². The molecule has 1 saturated carbocycles. The van der Waals surface area contributed by atoms with Crippen LogP contribution >= 0.6 is 0 Å². The molecule has 0 atom stereocenters. The number of amides is 1. The largest absolute Gasteiger partial charge is 0.466 e. The number of hydrogen-bond acceptors (Lipinski definition) is 4. The molecule has 1 aliphatic carbocycles. The van der Waals surface area contributed by atoms with Crippen molar-refractivity contribution in [3.63, 3.8) is 0 Å². The molecule has 0 saturated heterocycles. The Labute approximate surface area is 136 Å². The van der Waals surface area contributed by atoms with Gasteiger partial charge in [-0.1, -0.05) is 6.07 Å². The summed E-state index contributed by atoms with van der Waals surface area (Å²) in [5.41, 5.74) is 3.21. The van der Waals surface area contributed by atoms with Crippen molar-refractivity contribution in [1.82, 2.24) is 10.6 Å². The fourth-order valence-electron chi connectivity index (χ4n) is 3.44. The molecule has 2 aliphatic rings. The summed E-state index contributed by atoms with van der Waals surface area (Å²) >= 11 is 0. The zero-order valence-corrected chi connectivity index (χ0v) is 13.6. The Morgan fingerprint density at radius 3 is 2.65 bits per heavy atom. The predicted octanol–water partition coefficient (Wildman–Crippen LogP) is 2.14. The van der Waals surface area contributed by atoms with Crippen LogP contribution in [0.3, 0.4) is 0 Å². The van der Waals surface area contributed by atoms with E-state index in [2.05, 4.69) is 10.6 Å². The van der Waals surface area contributed by atoms with Crippen LogP contribution < -0.4 is 10.6 Å². The number of carbonyl (C=O) groups is 2. The predicted molar refractivity (Wildman–Crippen MR) is 86.8 cm³/mol. The third-order valence-corrected chi connectivity index (χ3v) is 4.78. The molecule has 1 fully saturated rings. The number of carbonyl (C=O) groups excluding carboxylic acids is 2. The maximum Gasteiger partial charge on any atom is 0.308 e.